The van der Waals surface area contributed by atoms with E-state index in [-0.39, 0.29) is 5.82 Å². The number of aromatic nitrogens is 2. The van der Waals surface area contributed by atoms with Crippen LogP contribution in [0, 0.1) is 12.7 Å². The van der Waals surface area contributed by atoms with Crippen molar-refractivity contribution in [2.45, 2.75) is 6.92 Å². The normalized spacial score (nSPS) is 10.5. The third-order valence-electron chi connectivity index (χ3n) is 1.98. The quantitative estimate of drug-likeness (QED) is 0.708. The summed E-state index contributed by atoms with van der Waals surface area (Å²) in [6, 6.07) is 6.37. The Kier molecular flexibility index (Phi) is 2.25. The van der Waals surface area contributed by atoms with Crippen molar-refractivity contribution in [1.29, 1.82) is 0 Å². The second-order valence-corrected chi connectivity index (χ2v) is 3.36. The Morgan fingerprint density at radius 2 is 2.14 bits per heavy atom. The lowest BCUT2D eigenvalue weighted by Gasteiger charge is -2.07. The first-order chi connectivity index (χ1) is 6.70. The fourth-order valence-corrected chi connectivity index (χ4v) is 1.54. The molecule has 1 heterocycles. The molecule has 0 amide bonds. The van der Waals surface area contributed by atoms with E-state index in [1.54, 1.807) is 24.4 Å². The molecule has 0 unspecified atom stereocenters. The monoisotopic (exact) mass is 210 g/mol. The van der Waals surface area contributed by atoms with Crippen molar-refractivity contribution in [2.75, 3.05) is 0 Å². The van der Waals surface area contributed by atoms with Crippen LogP contribution in [0.2, 0.25) is 5.02 Å². The van der Waals surface area contributed by atoms with Crippen molar-refractivity contribution in [3.63, 3.8) is 0 Å². The van der Waals surface area contributed by atoms with Gasteiger partial charge in [0.1, 0.15) is 11.5 Å². The van der Waals surface area contributed by atoms with Gasteiger partial charge in [-0.15, -0.1) is 0 Å². The molecule has 0 spiro atoms. The van der Waals surface area contributed by atoms with Crippen LogP contribution in [0.25, 0.3) is 5.69 Å². The van der Waals surface area contributed by atoms with Gasteiger partial charge in [0.25, 0.3) is 0 Å². The predicted molar refractivity (Wildman–Crippen MR) is 53.3 cm³/mol. The molecule has 0 atom stereocenters. The van der Waals surface area contributed by atoms with Crippen molar-refractivity contribution >= 4 is 11.6 Å². The summed E-state index contributed by atoms with van der Waals surface area (Å²) in [5.41, 5.74) is 1.15. The maximum atomic E-state index is 13.4. The average molecular weight is 211 g/mol. The van der Waals surface area contributed by atoms with E-state index in [1.165, 1.54) is 10.7 Å². The minimum Gasteiger partial charge on any atom is -0.234 e. The summed E-state index contributed by atoms with van der Waals surface area (Å²) in [6.45, 7) is 1.84. The van der Waals surface area contributed by atoms with E-state index >= 15 is 0 Å². The molecule has 0 fully saturated rings. The second-order valence-electron chi connectivity index (χ2n) is 2.95. The summed E-state index contributed by atoms with van der Waals surface area (Å²) >= 11 is 5.89. The molecule has 0 radical (unpaired) electrons. The molecule has 14 heavy (non-hydrogen) atoms. The predicted octanol–water partition coefficient (Wildman–Crippen LogP) is 2.97. The van der Waals surface area contributed by atoms with Gasteiger partial charge in [0.15, 0.2) is 0 Å². The average Bonchev–Trinajstić information content (AvgIpc) is 2.52. The summed E-state index contributed by atoms with van der Waals surface area (Å²) in [4.78, 5) is 0. The van der Waals surface area contributed by atoms with E-state index in [2.05, 4.69) is 5.10 Å². The van der Waals surface area contributed by atoms with E-state index in [1.807, 2.05) is 6.92 Å². The minimum atomic E-state index is -0.371. The Morgan fingerprint density at radius 1 is 1.36 bits per heavy atom. The van der Waals surface area contributed by atoms with Gasteiger partial charge in [0.05, 0.1) is 5.02 Å². The van der Waals surface area contributed by atoms with Crippen molar-refractivity contribution in [3.05, 3.63) is 47.0 Å². The highest BCUT2D eigenvalue weighted by atomic mass is 35.5. The Hall–Kier alpha value is -1.35. The van der Waals surface area contributed by atoms with Gasteiger partial charge < -0.3 is 0 Å². The van der Waals surface area contributed by atoms with Gasteiger partial charge in [-0.2, -0.15) is 5.10 Å². The third kappa shape index (κ3) is 1.40. The van der Waals surface area contributed by atoms with Crippen LogP contribution in [-0.2, 0) is 0 Å². The molecular weight excluding hydrogens is 203 g/mol. The number of hydrogen-bond acceptors (Lipinski definition) is 1. The van der Waals surface area contributed by atoms with Gasteiger partial charge >= 0.3 is 0 Å². The van der Waals surface area contributed by atoms with Crippen LogP contribution in [0.4, 0.5) is 4.39 Å². The Bertz CT molecular complexity index is 445. The summed E-state index contributed by atoms with van der Waals surface area (Å²) in [6.07, 6.45) is 1.61. The van der Waals surface area contributed by atoms with E-state index in [9.17, 15) is 4.39 Å². The molecule has 0 bridgehead atoms. The summed E-state index contributed by atoms with van der Waals surface area (Å²) in [5, 5.41) is 4.36. The van der Waals surface area contributed by atoms with Crippen LogP contribution in [0.3, 0.4) is 0 Å². The minimum absolute atomic E-state index is 0.302. The number of halogens is 2. The van der Waals surface area contributed by atoms with Gasteiger partial charge in [-0.3, -0.25) is 0 Å². The molecule has 0 saturated carbocycles. The number of aryl methyl sites for hydroxylation is 1. The summed E-state index contributed by atoms with van der Waals surface area (Å²) in [5.74, 6) is -0.371. The molecule has 0 aliphatic heterocycles. The molecule has 0 aliphatic carbocycles. The maximum Gasteiger partial charge on any atom is 0.150 e. The molecule has 2 aromatic rings. The number of rotatable bonds is 1. The van der Waals surface area contributed by atoms with Gasteiger partial charge in [-0.05, 0) is 25.1 Å². The molecule has 2 rings (SSSR count). The standard InChI is InChI=1S/C10H8ClFN2/c1-7-5-6-13-14(7)10-8(11)3-2-4-9(10)12/h2-6H,1H3. The van der Waals surface area contributed by atoms with Crippen LogP contribution in [-0.4, -0.2) is 9.78 Å². The number of nitrogens with zero attached hydrogens (tertiary/aromatic N) is 2. The molecule has 1 aromatic carbocycles. The number of hydrogen-bond donors (Lipinski definition) is 0. The van der Waals surface area contributed by atoms with Crippen molar-refractivity contribution < 1.29 is 4.39 Å². The third-order valence-corrected chi connectivity index (χ3v) is 2.29. The van der Waals surface area contributed by atoms with Gasteiger partial charge in [0.2, 0.25) is 0 Å². The molecule has 4 heteroatoms. The van der Waals surface area contributed by atoms with Crippen LogP contribution >= 0.6 is 11.6 Å². The maximum absolute atomic E-state index is 13.4. The van der Waals surface area contributed by atoms with Gasteiger partial charge in [-0.25, -0.2) is 9.07 Å². The first-order valence-corrected chi connectivity index (χ1v) is 4.53. The van der Waals surface area contributed by atoms with Crippen molar-refractivity contribution in [3.8, 4) is 5.69 Å². The first kappa shape index (κ1) is 9.21. The number of benzene rings is 1. The zero-order chi connectivity index (χ0) is 10.1. The lowest BCUT2D eigenvalue weighted by molar-refractivity contribution is 0.609. The Balaban J connectivity index is 2.68. The zero-order valence-corrected chi connectivity index (χ0v) is 8.29. The molecule has 1 aromatic heterocycles. The molecule has 0 N–H and O–H groups in total. The lowest BCUT2D eigenvalue weighted by atomic mass is 10.3. The zero-order valence-electron chi connectivity index (χ0n) is 7.54. The van der Waals surface area contributed by atoms with E-state index in [0.717, 1.165) is 5.69 Å². The Labute approximate surface area is 85.9 Å². The molecular formula is C10H8ClFN2. The Morgan fingerprint density at radius 3 is 2.71 bits per heavy atom. The summed E-state index contributed by atoms with van der Waals surface area (Å²) in [7, 11) is 0. The largest absolute Gasteiger partial charge is 0.234 e. The SMILES string of the molecule is Cc1ccnn1-c1c(F)cccc1Cl. The highest BCUT2D eigenvalue weighted by Crippen LogP contribution is 2.23. The van der Waals surface area contributed by atoms with Crippen molar-refractivity contribution in [2.24, 2.45) is 0 Å². The molecule has 72 valence electrons. The highest BCUT2D eigenvalue weighted by molar-refractivity contribution is 6.32. The van der Waals surface area contributed by atoms with E-state index in [4.69, 9.17) is 11.6 Å². The second kappa shape index (κ2) is 3.42. The molecule has 2 nitrogen and oxygen atoms in total. The smallest absolute Gasteiger partial charge is 0.150 e. The van der Waals surface area contributed by atoms with Crippen molar-refractivity contribution in [1.82, 2.24) is 9.78 Å². The van der Waals surface area contributed by atoms with Crippen LogP contribution in [0.15, 0.2) is 30.5 Å². The fraction of sp³-hybridized carbons (Fsp3) is 0.100. The topological polar surface area (TPSA) is 17.8 Å². The van der Waals surface area contributed by atoms with Gasteiger partial charge in [-0.1, -0.05) is 17.7 Å². The lowest BCUT2D eigenvalue weighted by Crippen LogP contribution is -2.02. The fourth-order valence-electron chi connectivity index (χ4n) is 1.29. The summed E-state index contributed by atoms with van der Waals surface area (Å²) < 4.78 is 14.9. The molecule has 0 saturated heterocycles. The molecule has 0 aliphatic rings. The van der Waals surface area contributed by atoms with Gasteiger partial charge in [0, 0.05) is 11.9 Å². The van der Waals surface area contributed by atoms with Crippen LogP contribution in [0.1, 0.15) is 5.69 Å². The van der Waals surface area contributed by atoms with E-state index < -0.39 is 0 Å². The van der Waals surface area contributed by atoms with Crippen LogP contribution in [0.5, 0.6) is 0 Å². The van der Waals surface area contributed by atoms with Crippen LogP contribution < -0.4 is 0 Å². The number of para-hydroxylation sites is 1. The first-order valence-electron chi connectivity index (χ1n) is 4.15. The highest BCUT2D eigenvalue weighted by Gasteiger charge is 2.10. The van der Waals surface area contributed by atoms with E-state index in [0.29, 0.717) is 10.7 Å².